The van der Waals surface area contributed by atoms with Gasteiger partial charge in [-0.3, -0.25) is 0 Å². The maximum absolute atomic E-state index is 13.0. The molecule has 8 nitrogen and oxygen atoms in total. The number of thioether (sulfide) groups is 1. The number of rotatable bonds is 8. The number of hydrogen-bond donors (Lipinski definition) is 0. The van der Waals surface area contributed by atoms with Crippen LogP contribution in [-0.4, -0.2) is 40.4 Å². The Hall–Kier alpha value is -3.21. The van der Waals surface area contributed by atoms with Crippen molar-refractivity contribution in [2.75, 3.05) is 13.4 Å². The van der Waals surface area contributed by atoms with Gasteiger partial charge in [-0.1, -0.05) is 23.9 Å². The van der Waals surface area contributed by atoms with E-state index in [9.17, 15) is 13.6 Å². The Labute approximate surface area is 168 Å². The highest BCUT2D eigenvalue weighted by atomic mass is 32.2. The fraction of sp³-hybridized carbons (Fsp3) is 0.222. The molecule has 0 aliphatic heterocycles. The Bertz CT molecular complexity index is 1020. The maximum atomic E-state index is 13.0. The number of esters is 1. The zero-order valence-corrected chi connectivity index (χ0v) is 16.2. The summed E-state index contributed by atoms with van der Waals surface area (Å²) in [5.74, 6) is -0.0677. The summed E-state index contributed by atoms with van der Waals surface area (Å²) in [7, 11) is 1.26. The lowest BCUT2D eigenvalue weighted by Crippen LogP contribution is -2.01. The van der Waals surface area contributed by atoms with Crippen LogP contribution in [0.5, 0.6) is 5.75 Å². The van der Waals surface area contributed by atoms with Gasteiger partial charge in [0.15, 0.2) is 0 Å². The number of alkyl halides is 2. The van der Waals surface area contributed by atoms with E-state index in [1.165, 1.54) is 19.4 Å². The van der Waals surface area contributed by atoms with E-state index in [2.05, 4.69) is 20.0 Å². The molecule has 0 spiro atoms. The van der Waals surface area contributed by atoms with Crippen molar-refractivity contribution in [3.63, 3.8) is 0 Å². The van der Waals surface area contributed by atoms with Crippen molar-refractivity contribution in [3.05, 3.63) is 59.3 Å². The van der Waals surface area contributed by atoms with Gasteiger partial charge in [-0.15, -0.1) is 10.2 Å². The molecule has 29 heavy (non-hydrogen) atoms. The summed E-state index contributed by atoms with van der Waals surface area (Å²) in [5.41, 5.74) is 0.623. The first-order valence-corrected chi connectivity index (χ1v) is 9.46. The largest absolute Gasteiger partial charge is 0.486 e. The number of furan rings is 1. The highest BCUT2D eigenvalue weighted by Crippen LogP contribution is 2.22. The molecule has 0 saturated heterocycles. The SMILES string of the molecule is COC(=O)c1ccc(COc2cccc(C=Nn3c(SC)nnc3C(F)F)c2)o1. The molecule has 2 heterocycles. The summed E-state index contributed by atoms with van der Waals surface area (Å²) in [6.07, 6.45) is 0.308. The molecule has 0 bridgehead atoms. The van der Waals surface area contributed by atoms with E-state index in [1.54, 1.807) is 36.6 Å². The van der Waals surface area contributed by atoms with E-state index in [0.29, 0.717) is 17.1 Å². The molecule has 0 unspecified atom stereocenters. The summed E-state index contributed by atoms with van der Waals surface area (Å²) in [6, 6.07) is 9.98. The van der Waals surface area contributed by atoms with Gasteiger partial charge in [-0.05, 0) is 36.1 Å². The number of methoxy groups -OCH3 is 1. The van der Waals surface area contributed by atoms with Crippen molar-refractivity contribution in [2.24, 2.45) is 5.10 Å². The second-order valence-electron chi connectivity index (χ2n) is 5.52. The van der Waals surface area contributed by atoms with Crippen LogP contribution >= 0.6 is 11.8 Å². The normalized spacial score (nSPS) is 11.3. The number of hydrogen-bond acceptors (Lipinski definition) is 8. The molecule has 0 amide bonds. The summed E-state index contributed by atoms with van der Waals surface area (Å²) in [5, 5.41) is 11.5. The van der Waals surface area contributed by atoms with Gasteiger partial charge < -0.3 is 13.9 Å². The Balaban J connectivity index is 1.70. The van der Waals surface area contributed by atoms with Gasteiger partial charge >= 0.3 is 5.97 Å². The molecule has 11 heteroatoms. The summed E-state index contributed by atoms with van der Waals surface area (Å²) in [6.45, 7) is 0.0924. The van der Waals surface area contributed by atoms with Gasteiger partial charge in [0.1, 0.15) is 18.1 Å². The van der Waals surface area contributed by atoms with Crippen LogP contribution in [0, 0.1) is 0 Å². The molecule has 3 rings (SSSR count). The molecule has 0 aliphatic carbocycles. The van der Waals surface area contributed by atoms with Gasteiger partial charge in [0, 0.05) is 0 Å². The van der Waals surface area contributed by atoms with Gasteiger partial charge in [-0.2, -0.15) is 9.78 Å². The average molecular weight is 422 g/mol. The number of nitrogens with zero attached hydrogens (tertiary/aromatic N) is 4. The first-order chi connectivity index (χ1) is 14.0. The van der Waals surface area contributed by atoms with Crippen molar-refractivity contribution in [1.82, 2.24) is 14.9 Å². The van der Waals surface area contributed by atoms with E-state index in [4.69, 9.17) is 9.15 Å². The molecule has 3 aromatic rings. The van der Waals surface area contributed by atoms with Crippen LogP contribution in [0.3, 0.4) is 0 Å². The quantitative estimate of drug-likeness (QED) is 0.310. The predicted molar refractivity (Wildman–Crippen MR) is 101 cm³/mol. The third kappa shape index (κ3) is 4.99. The number of halogens is 2. The van der Waals surface area contributed by atoms with Crippen LogP contribution in [0.1, 0.15) is 34.1 Å². The first-order valence-electron chi connectivity index (χ1n) is 8.23. The minimum Gasteiger partial charge on any atom is -0.486 e. The lowest BCUT2D eigenvalue weighted by atomic mass is 10.2. The molecular formula is C18H16F2N4O4S. The Morgan fingerprint density at radius 2 is 2.17 bits per heavy atom. The standard InChI is InChI=1S/C18H16F2N4O4S/c1-26-17(25)14-7-6-13(28-14)10-27-12-5-3-4-11(8-12)9-21-24-16(15(19)20)22-23-18(24)29-2/h3-9,15H,10H2,1-2H3. The molecule has 0 radical (unpaired) electrons. The molecule has 1 aromatic carbocycles. The molecule has 152 valence electrons. The minimum absolute atomic E-state index is 0.0837. The molecule has 0 fully saturated rings. The van der Waals surface area contributed by atoms with Gasteiger partial charge in [0.25, 0.3) is 6.43 Å². The fourth-order valence-electron chi connectivity index (χ4n) is 2.28. The molecule has 0 saturated carbocycles. The van der Waals surface area contributed by atoms with E-state index < -0.39 is 18.2 Å². The number of benzene rings is 1. The van der Waals surface area contributed by atoms with Gasteiger partial charge in [0.05, 0.1) is 13.3 Å². The average Bonchev–Trinajstić information content (AvgIpc) is 3.37. The number of aromatic nitrogens is 3. The maximum Gasteiger partial charge on any atom is 0.373 e. The molecule has 0 N–H and O–H groups in total. The van der Waals surface area contributed by atoms with E-state index in [-0.39, 0.29) is 17.5 Å². The Kier molecular flexibility index (Phi) is 6.60. The Morgan fingerprint density at radius 1 is 1.34 bits per heavy atom. The molecule has 0 aliphatic rings. The summed E-state index contributed by atoms with van der Waals surface area (Å²) >= 11 is 1.16. The number of ether oxygens (including phenoxy) is 2. The smallest absolute Gasteiger partial charge is 0.373 e. The van der Waals surface area contributed by atoms with Gasteiger partial charge in [-0.25, -0.2) is 13.6 Å². The van der Waals surface area contributed by atoms with Gasteiger partial charge in [0.2, 0.25) is 16.7 Å². The van der Waals surface area contributed by atoms with Crippen LogP contribution in [0.4, 0.5) is 8.78 Å². The van der Waals surface area contributed by atoms with Crippen LogP contribution in [0.2, 0.25) is 0 Å². The zero-order chi connectivity index (χ0) is 20.8. The second-order valence-corrected chi connectivity index (χ2v) is 6.29. The minimum atomic E-state index is -2.79. The predicted octanol–water partition coefficient (Wildman–Crippen LogP) is 3.78. The molecular weight excluding hydrogens is 406 g/mol. The van der Waals surface area contributed by atoms with Crippen molar-refractivity contribution in [1.29, 1.82) is 0 Å². The van der Waals surface area contributed by atoms with E-state index in [0.717, 1.165) is 16.4 Å². The van der Waals surface area contributed by atoms with Crippen molar-refractivity contribution < 1.29 is 27.5 Å². The highest BCUT2D eigenvalue weighted by molar-refractivity contribution is 7.98. The van der Waals surface area contributed by atoms with Crippen molar-refractivity contribution in [3.8, 4) is 5.75 Å². The highest BCUT2D eigenvalue weighted by Gasteiger charge is 2.19. The van der Waals surface area contributed by atoms with Crippen LogP contribution in [0.15, 0.2) is 51.1 Å². The monoisotopic (exact) mass is 422 g/mol. The summed E-state index contributed by atoms with van der Waals surface area (Å²) in [4.78, 5) is 11.4. The molecule has 0 atom stereocenters. The summed E-state index contributed by atoms with van der Waals surface area (Å²) < 4.78 is 42.6. The topological polar surface area (TPSA) is 91.7 Å². The van der Waals surface area contributed by atoms with E-state index in [1.807, 2.05) is 0 Å². The first kappa shape index (κ1) is 20.5. The zero-order valence-electron chi connectivity index (χ0n) is 15.4. The van der Waals surface area contributed by atoms with Crippen LogP contribution in [0.25, 0.3) is 0 Å². The third-order valence-corrected chi connectivity index (χ3v) is 4.24. The van der Waals surface area contributed by atoms with Crippen molar-refractivity contribution in [2.45, 2.75) is 18.2 Å². The lowest BCUT2D eigenvalue weighted by molar-refractivity contribution is 0.0561. The lowest BCUT2D eigenvalue weighted by Gasteiger charge is -2.05. The fourth-order valence-corrected chi connectivity index (χ4v) is 2.71. The van der Waals surface area contributed by atoms with Crippen LogP contribution < -0.4 is 4.74 Å². The second kappa shape index (κ2) is 9.32. The Morgan fingerprint density at radius 3 is 2.90 bits per heavy atom. The number of carbonyl (C=O) groups is 1. The van der Waals surface area contributed by atoms with Crippen LogP contribution in [-0.2, 0) is 11.3 Å². The molecule has 2 aromatic heterocycles. The number of carbonyl (C=O) groups excluding carboxylic acids is 1. The third-order valence-electron chi connectivity index (χ3n) is 3.62. The van der Waals surface area contributed by atoms with E-state index >= 15 is 0 Å². The van der Waals surface area contributed by atoms with Crippen molar-refractivity contribution >= 4 is 23.9 Å².